The molecule has 180 valence electrons. The average molecular weight is 521 g/mol. The van der Waals surface area contributed by atoms with Crippen LogP contribution in [0.2, 0.25) is 0 Å². The number of benzene rings is 2. The monoisotopic (exact) mass is 520 g/mol. The average Bonchev–Trinajstić information content (AvgIpc) is 3.40. The predicted octanol–water partition coefficient (Wildman–Crippen LogP) is 9.02. The fourth-order valence-corrected chi connectivity index (χ4v) is 8.53. The molecule has 2 aromatic rings. The molecule has 0 spiro atoms. The topological polar surface area (TPSA) is 0 Å². The summed E-state index contributed by atoms with van der Waals surface area (Å²) in [6.07, 6.45) is 3.56. The standard InChI is InChI=1S/C27H18F6S2/c1-23-13-17(15-9-5-3-6-10-15)34-21(23)19-20(26(30,31)27(32,33)25(19,28)29)22-24(23,2)14-18(35-22)16-11-7-4-8-12-16/h3-14H,1-2H3. The van der Waals surface area contributed by atoms with Gasteiger partial charge in [-0.15, -0.1) is 0 Å². The highest BCUT2D eigenvalue weighted by Crippen LogP contribution is 2.78. The van der Waals surface area contributed by atoms with Gasteiger partial charge in [0.05, 0.1) is 0 Å². The minimum absolute atomic E-state index is 0.134. The second kappa shape index (κ2) is 6.91. The van der Waals surface area contributed by atoms with Gasteiger partial charge in [0.25, 0.3) is 0 Å². The van der Waals surface area contributed by atoms with Gasteiger partial charge in [0.15, 0.2) is 0 Å². The molecule has 2 unspecified atom stereocenters. The summed E-state index contributed by atoms with van der Waals surface area (Å²) in [7, 11) is 0. The molecule has 0 bridgehead atoms. The van der Waals surface area contributed by atoms with Crippen LogP contribution in [0, 0.1) is 10.8 Å². The van der Waals surface area contributed by atoms with Crippen molar-refractivity contribution >= 4 is 33.3 Å². The molecule has 0 amide bonds. The van der Waals surface area contributed by atoms with Crippen molar-refractivity contribution in [3.63, 3.8) is 0 Å². The van der Waals surface area contributed by atoms with Crippen molar-refractivity contribution in [1.82, 2.24) is 0 Å². The first kappa shape index (κ1) is 23.1. The lowest BCUT2D eigenvalue weighted by molar-refractivity contribution is -0.258. The van der Waals surface area contributed by atoms with E-state index in [1.165, 1.54) is 0 Å². The molecule has 1 saturated carbocycles. The number of allylic oxidation sites excluding steroid dienone is 6. The van der Waals surface area contributed by atoms with Crippen molar-refractivity contribution in [3.8, 4) is 0 Å². The smallest absolute Gasteiger partial charge is 0.194 e. The highest BCUT2D eigenvalue weighted by atomic mass is 32.2. The Morgan fingerprint density at radius 3 is 1.23 bits per heavy atom. The molecule has 0 nitrogen and oxygen atoms in total. The van der Waals surface area contributed by atoms with Crippen LogP contribution in [0.5, 0.6) is 0 Å². The van der Waals surface area contributed by atoms with E-state index in [0.717, 1.165) is 23.5 Å². The number of hydrogen-bond donors (Lipinski definition) is 0. The molecule has 0 radical (unpaired) electrons. The van der Waals surface area contributed by atoms with Gasteiger partial charge in [-0.25, -0.2) is 0 Å². The van der Waals surface area contributed by atoms with E-state index >= 15 is 17.6 Å². The van der Waals surface area contributed by atoms with Crippen molar-refractivity contribution < 1.29 is 26.3 Å². The van der Waals surface area contributed by atoms with Crippen LogP contribution >= 0.6 is 23.5 Å². The first-order valence-electron chi connectivity index (χ1n) is 10.9. The summed E-state index contributed by atoms with van der Waals surface area (Å²) < 4.78 is 90.8. The third-order valence-corrected chi connectivity index (χ3v) is 10.3. The van der Waals surface area contributed by atoms with Gasteiger partial charge in [-0.1, -0.05) is 110 Å². The van der Waals surface area contributed by atoms with Crippen LogP contribution in [0.3, 0.4) is 0 Å². The Balaban J connectivity index is 1.67. The Bertz CT molecular complexity index is 1280. The summed E-state index contributed by atoms with van der Waals surface area (Å²) in [5.74, 6) is -15.6. The normalized spacial score (nSPS) is 31.7. The summed E-state index contributed by atoms with van der Waals surface area (Å²) in [6, 6.07) is 17.9. The summed E-state index contributed by atoms with van der Waals surface area (Å²) >= 11 is 1.79. The van der Waals surface area contributed by atoms with E-state index < -0.39 is 39.7 Å². The molecule has 4 aliphatic rings. The molecule has 2 aliphatic heterocycles. The summed E-state index contributed by atoms with van der Waals surface area (Å²) in [6.45, 7) is 3.37. The maximum absolute atomic E-state index is 15.3. The quantitative estimate of drug-likeness (QED) is 0.363. The van der Waals surface area contributed by atoms with E-state index in [0.29, 0.717) is 20.9 Å². The van der Waals surface area contributed by atoms with E-state index in [2.05, 4.69) is 0 Å². The van der Waals surface area contributed by atoms with Crippen molar-refractivity contribution in [3.05, 3.63) is 105 Å². The lowest BCUT2D eigenvalue weighted by atomic mass is 9.60. The largest absolute Gasteiger partial charge is 0.380 e. The number of fused-ring (bicyclic) bond motifs is 4. The molecule has 2 atom stereocenters. The Morgan fingerprint density at radius 1 is 0.543 bits per heavy atom. The van der Waals surface area contributed by atoms with Crippen molar-refractivity contribution in [2.45, 2.75) is 31.6 Å². The first-order valence-corrected chi connectivity index (χ1v) is 12.6. The second-order valence-corrected chi connectivity index (χ2v) is 11.6. The fourth-order valence-electron chi connectivity index (χ4n) is 5.37. The van der Waals surface area contributed by atoms with Crippen LogP contribution in [-0.2, 0) is 0 Å². The van der Waals surface area contributed by atoms with Crippen LogP contribution in [0.15, 0.2) is 93.8 Å². The van der Waals surface area contributed by atoms with E-state index in [1.54, 1.807) is 86.7 Å². The fraction of sp³-hybridized carbons (Fsp3) is 0.259. The number of hydrogen-bond acceptors (Lipinski definition) is 2. The maximum atomic E-state index is 15.3. The lowest BCUT2D eigenvalue weighted by Gasteiger charge is -2.45. The van der Waals surface area contributed by atoms with Gasteiger partial charge in [0.1, 0.15) is 0 Å². The molecule has 0 aromatic heterocycles. The Labute approximate surface area is 206 Å². The first-order chi connectivity index (χ1) is 16.4. The molecule has 35 heavy (non-hydrogen) atoms. The Morgan fingerprint density at radius 2 is 0.886 bits per heavy atom. The minimum Gasteiger partial charge on any atom is -0.194 e. The molecule has 0 saturated heterocycles. The Kier molecular flexibility index (Phi) is 4.56. The minimum atomic E-state index is -5.54. The number of thioether (sulfide) groups is 2. The van der Waals surface area contributed by atoms with Gasteiger partial charge >= 0.3 is 17.8 Å². The summed E-state index contributed by atoms with van der Waals surface area (Å²) in [5.41, 5.74) is -3.45. The van der Waals surface area contributed by atoms with E-state index in [9.17, 15) is 8.78 Å². The molecular weight excluding hydrogens is 502 g/mol. The molecule has 6 rings (SSSR count). The molecule has 2 aliphatic carbocycles. The van der Waals surface area contributed by atoms with Gasteiger partial charge in [0, 0.05) is 41.6 Å². The number of alkyl halides is 6. The highest BCUT2D eigenvalue weighted by Gasteiger charge is 2.84. The van der Waals surface area contributed by atoms with Crippen molar-refractivity contribution in [2.24, 2.45) is 10.8 Å². The van der Waals surface area contributed by atoms with Crippen LogP contribution in [0.4, 0.5) is 26.3 Å². The predicted molar refractivity (Wildman–Crippen MR) is 129 cm³/mol. The molecular formula is C27H18F6S2. The molecule has 2 heterocycles. The van der Waals surface area contributed by atoms with Crippen LogP contribution < -0.4 is 0 Å². The van der Waals surface area contributed by atoms with Crippen molar-refractivity contribution in [1.29, 1.82) is 0 Å². The summed E-state index contributed by atoms with van der Waals surface area (Å²) in [5, 5.41) is 0. The lowest BCUT2D eigenvalue weighted by Crippen LogP contribution is -2.47. The van der Waals surface area contributed by atoms with Crippen LogP contribution in [0.25, 0.3) is 9.81 Å². The molecule has 1 fully saturated rings. The van der Waals surface area contributed by atoms with Gasteiger partial charge in [0.2, 0.25) is 0 Å². The third kappa shape index (κ3) is 2.65. The van der Waals surface area contributed by atoms with Gasteiger partial charge < -0.3 is 0 Å². The molecule has 0 N–H and O–H groups in total. The van der Waals surface area contributed by atoms with Gasteiger partial charge in [-0.2, -0.15) is 26.3 Å². The van der Waals surface area contributed by atoms with Gasteiger partial charge in [-0.3, -0.25) is 0 Å². The van der Waals surface area contributed by atoms with E-state index in [4.69, 9.17) is 0 Å². The van der Waals surface area contributed by atoms with Crippen LogP contribution in [0.1, 0.15) is 25.0 Å². The zero-order chi connectivity index (χ0) is 25.0. The third-order valence-electron chi connectivity index (χ3n) is 7.52. The van der Waals surface area contributed by atoms with E-state index in [1.807, 2.05) is 0 Å². The zero-order valence-corrected chi connectivity index (χ0v) is 20.1. The Hall–Kier alpha value is -2.32. The van der Waals surface area contributed by atoms with E-state index in [-0.39, 0.29) is 9.81 Å². The van der Waals surface area contributed by atoms with Crippen molar-refractivity contribution in [2.75, 3.05) is 0 Å². The molecule has 8 heteroatoms. The van der Waals surface area contributed by atoms with Crippen LogP contribution in [-0.4, -0.2) is 17.8 Å². The highest BCUT2D eigenvalue weighted by molar-refractivity contribution is 8.12. The second-order valence-electron chi connectivity index (χ2n) is 9.49. The molecule has 2 aromatic carbocycles. The number of rotatable bonds is 2. The summed E-state index contributed by atoms with van der Waals surface area (Å²) in [4.78, 5) is 0.896. The maximum Gasteiger partial charge on any atom is 0.380 e. The van der Waals surface area contributed by atoms with Gasteiger partial charge in [-0.05, 0) is 11.1 Å². The SMILES string of the molecule is CC12C=C(c3ccccc3)SC1=C1C(=C3SC(c4ccccc4)=CC32C)C(F)(F)C(F)(F)C1(F)F. The number of halogens is 6. The zero-order valence-electron chi connectivity index (χ0n) is 18.5.